The fourth-order valence-corrected chi connectivity index (χ4v) is 2.41. The van der Waals surface area contributed by atoms with E-state index in [-0.39, 0.29) is 18.3 Å². The Labute approximate surface area is 103 Å². The fourth-order valence-electron chi connectivity index (χ4n) is 2.41. The third-order valence-corrected chi connectivity index (χ3v) is 3.44. The predicted octanol–water partition coefficient (Wildman–Crippen LogP) is 0.784. The molecule has 1 heterocycles. The van der Waals surface area contributed by atoms with E-state index >= 15 is 0 Å². The van der Waals surface area contributed by atoms with Crippen LogP contribution in [-0.2, 0) is 9.53 Å². The lowest BCUT2D eigenvalue weighted by atomic mass is 9.85. The average molecular weight is 249 g/mol. The number of carbonyl (C=O) groups is 1. The minimum absolute atomic E-state index is 0. The molecule has 0 aromatic heterocycles. The van der Waals surface area contributed by atoms with Gasteiger partial charge in [-0.25, -0.2) is 0 Å². The molecule has 4 nitrogen and oxygen atoms in total. The van der Waals surface area contributed by atoms with Crippen molar-refractivity contribution >= 4 is 18.3 Å². The molecule has 0 spiro atoms. The topological polar surface area (TPSA) is 55.6 Å². The molecule has 2 N–H and O–H groups in total. The van der Waals surface area contributed by atoms with E-state index in [1.54, 1.807) is 0 Å². The van der Waals surface area contributed by atoms with Crippen molar-refractivity contribution in [1.29, 1.82) is 0 Å². The van der Waals surface area contributed by atoms with Gasteiger partial charge in [-0.15, -0.1) is 12.4 Å². The summed E-state index contributed by atoms with van der Waals surface area (Å²) >= 11 is 0. The summed E-state index contributed by atoms with van der Waals surface area (Å²) in [5.74, 6) is 0.549. The summed E-state index contributed by atoms with van der Waals surface area (Å²) in [4.78, 5) is 14.0. The summed E-state index contributed by atoms with van der Waals surface area (Å²) in [6, 6.07) is 0.318. The van der Waals surface area contributed by atoms with Crippen molar-refractivity contribution in [3.63, 3.8) is 0 Å². The number of nitrogens with zero attached hydrogens (tertiary/aromatic N) is 1. The third kappa shape index (κ3) is 3.34. The molecule has 0 radical (unpaired) electrons. The van der Waals surface area contributed by atoms with Gasteiger partial charge in [-0.2, -0.15) is 0 Å². The van der Waals surface area contributed by atoms with Gasteiger partial charge in [0.25, 0.3) is 0 Å². The number of ether oxygens (including phenoxy) is 1. The Morgan fingerprint density at radius 1 is 1.12 bits per heavy atom. The summed E-state index contributed by atoms with van der Waals surface area (Å²) in [6.45, 7) is 2.92. The van der Waals surface area contributed by atoms with Crippen molar-refractivity contribution < 1.29 is 9.53 Å². The van der Waals surface area contributed by atoms with Crippen LogP contribution in [0.5, 0.6) is 0 Å². The summed E-state index contributed by atoms with van der Waals surface area (Å²) < 4.78 is 5.24. The lowest BCUT2D eigenvalue weighted by molar-refractivity contribution is -0.140. The Morgan fingerprint density at radius 2 is 1.69 bits per heavy atom. The largest absolute Gasteiger partial charge is 0.378 e. The lowest BCUT2D eigenvalue weighted by Gasteiger charge is -2.33. The minimum atomic E-state index is 0. The number of halogens is 1. The molecule has 16 heavy (non-hydrogen) atoms. The zero-order valence-electron chi connectivity index (χ0n) is 9.56. The van der Waals surface area contributed by atoms with Gasteiger partial charge in [0.15, 0.2) is 0 Å². The highest BCUT2D eigenvalue weighted by Crippen LogP contribution is 2.25. The minimum Gasteiger partial charge on any atom is -0.378 e. The van der Waals surface area contributed by atoms with E-state index in [0.29, 0.717) is 25.2 Å². The van der Waals surface area contributed by atoms with Gasteiger partial charge in [0.05, 0.1) is 13.2 Å². The van der Waals surface area contributed by atoms with Gasteiger partial charge in [0, 0.05) is 25.0 Å². The Kier molecular flexibility index (Phi) is 5.52. The predicted molar refractivity (Wildman–Crippen MR) is 64.6 cm³/mol. The van der Waals surface area contributed by atoms with E-state index in [9.17, 15) is 4.79 Å². The van der Waals surface area contributed by atoms with Crippen molar-refractivity contribution in [1.82, 2.24) is 4.90 Å². The first kappa shape index (κ1) is 13.7. The standard InChI is InChI=1S/C11H20N2O2.ClH/c12-10-3-1-9(2-4-10)11(14)13-5-7-15-8-6-13;/h9-10H,1-8,12H2;1H. The molecule has 1 aliphatic heterocycles. The fraction of sp³-hybridized carbons (Fsp3) is 0.909. The van der Waals surface area contributed by atoms with E-state index < -0.39 is 0 Å². The Hall–Kier alpha value is -0.320. The van der Waals surface area contributed by atoms with Crippen molar-refractivity contribution in [3.05, 3.63) is 0 Å². The maximum absolute atomic E-state index is 12.1. The second-order valence-corrected chi connectivity index (χ2v) is 4.55. The summed E-state index contributed by atoms with van der Waals surface area (Å²) in [6.07, 6.45) is 3.94. The van der Waals surface area contributed by atoms with Gasteiger partial charge in [-0.1, -0.05) is 0 Å². The van der Waals surface area contributed by atoms with E-state index in [1.807, 2.05) is 4.90 Å². The van der Waals surface area contributed by atoms with Crippen LogP contribution in [0.3, 0.4) is 0 Å². The van der Waals surface area contributed by atoms with Crippen LogP contribution in [0.15, 0.2) is 0 Å². The number of morpholine rings is 1. The highest BCUT2D eigenvalue weighted by molar-refractivity contribution is 5.85. The van der Waals surface area contributed by atoms with Crippen LogP contribution in [0.2, 0.25) is 0 Å². The molecule has 2 rings (SSSR count). The molecule has 0 atom stereocenters. The quantitative estimate of drug-likeness (QED) is 0.746. The molecule has 5 heteroatoms. The molecule has 1 saturated heterocycles. The molecular formula is C11H21ClN2O2. The van der Waals surface area contributed by atoms with Crippen LogP contribution in [0.25, 0.3) is 0 Å². The number of rotatable bonds is 1. The van der Waals surface area contributed by atoms with E-state index in [0.717, 1.165) is 38.8 Å². The molecule has 0 bridgehead atoms. The van der Waals surface area contributed by atoms with Gasteiger partial charge in [-0.3, -0.25) is 4.79 Å². The van der Waals surface area contributed by atoms with Crippen LogP contribution in [0.1, 0.15) is 25.7 Å². The third-order valence-electron chi connectivity index (χ3n) is 3.44. The Bertz CT molecular complexity index is 224. The average Bonchev–Trinajstić information content (AvgIpc) is 2.30. The van der Waals surface area contributed by atoms with Gasteiger partial charge in [0.1, 0.15) is 0 Å². The van der Waals surface area contributed by atoms with Crippen LogP contribution < -0.4 is 5.73 Å². The van der Waals surface area contributed by atoms with Crippen molar-refractivity contribution in [2.45, 2.75) is 31.7 Å². The number of carbonyl (C=O) groups excluding carboxylic acids is 1. The highest BCUT2D eigenvalue weighted by atomic mass is 35.5. The maximum atomic E-state index is 12.1. The maximum Gasteiger partial charge on any atom is 0.225 e. The molecule has 0 aromatic rings. The van der Waals surface area contributed by atoms with Crippen LogP contribution in [0.4, 0.5) is 0 Å². The van der Waals surface area contributed by atoms with Crippen molar-refractivity contribution in [2.75, 3.05) is 26.3 Å². The normalized spacial score (nSPS) is 30.7. The van der Waals surface area contributed by atoms with E-state index in [2.05, 4.69) is 0 Å². The summed E-state index contributed by atoms with van der Waals surface area (Å²) in [5, 5.41) is 0. The van der Waals surface area contributed by atoms with Gasteiger partial charge < -0.3 is 15.4 Å². The highest BCUT2D eigenvalue weighted by Gasteiger charge is 2.28. The van der Waals surface area contributed by atoms with Gasteiger partial charge >= 0.3 is 0 Å². The van der Waals surface area contributed by atoms with E-state index in [1.165, 1.54) is 0 Å². The number of hydrogen-bond acceptors (Lipinski definition) is 3. The van der Waals surface area contributed by atoms with Crippen molar-refractivity contribution in [2.24, 2.45) is 11.7 Å². The first-order chi connectivity index (χ1) is 7.27. The second-order valence-electron chi connectivity index (χ2n) is 4.55. The molecule has 2 fully saturated rings. The number of amides is 1. The molecule has 0 aromatic carbocycles. The van der Waals surface area contributed by atoms with E-state index in [4.69, 9.17) is 10.5 Å². The Balaban J connectivity index is 0.00000128. The first-order valence-corrected chi connectivity index (χ1v) is 5.89. The smallest absolute Gasteiger partial charge is 0.225 e. The molecule has 2 aliphatic rings. The molecule has 94 valence electrons. The second kappa shape index (κ2) is 6.42. The molecule has 1 saturated carbocycles. The molecule has 1 amide bonds. The van der Waals surface area contributed by atoms with Crippen LogP contribution in [-0.4, -0.2) is 43.2 Å². The monoisotopic (exact) mass is 248 g/mol. The van der Waals surface area contributed by atoms with Crippen LogP contribution in [0, 0.1) is 5.92 Å². The lowest BCUT2D eigenvalue weighted by Crippen LogP contribution is -2.45. The van der Waals surface area contributed by atoms with Gasteiger partial charge in [0.2, 0.25) is 5.91 Å². The zero-order chi connectivity index (χ0) is 10.7. The number of nitrogens with two attached hydrogens (primary N) is 1. The Morgan fingerprint density at radius 3 is 2.25 bits per heavy atom. The first-order valence-electron chi connectivity index (χ1n) is 5.89. The summed E-state index contributed by atoms with van der Waals surface area (Å²) in [5.41, 5.74) is 5.83. The molecular weight excluding hydrogens is 228 g/mol. The summed E-state index contributed by atoms with van der Waals surface area (Å²) in [7, 11) is 0. The molecule has 1 aliphatic carbocycles. The van der Waals surface area contributed by atoms with Crippen molar-refractivity contribution in [3.8, 4) is 0 Å². The SMILES string of the molecule is Cl.NC1CCC(C(=O)N2CCOCC2)CC1. The number of hydrogen-bond donors (Lipinski definition) is 1. The molecule has 0 unspecified atom stereocenters. The van der Waals surface area contributed by atoms with Gasteiger partial charge in [-0.05, 0) is 25.7 Å². The van der Waals surface area contributed by atoms with Crippen LogP contribution >= 0.6 is 12.4 Å². The zero-order valence-corrected chi connectivity index (χ0v) is 10.4.